The third-order valence-corrected chi connectivity index (χ3v) is 12.5. The molecule has 0 aromatic rings. The van der Waals surface area contributed by atoms with E-state index in [0.717, 1.165) is 54.8 Å². The quantitative estimate of drug-likeness (QED) is 0.187. The normalized spacial score (nSPS) is 41.1. The Labute approximate surface area is 260 Å². The van der Waals surface area contributed by atoms with Gasteiger partial charge in [0.2, 0.25) is 0 Å². The number of fused-ring (bicyclic) bond motifs is 5. The molecule has 6 heteroatoms. The summed E-state index contributed by atoms with van der Waals surface area (Å²) in [6.45, 7) is 15.3. The predicted molar refractivity (Wildman–Crippen MR) is 168 cm³/mol. The molecule has 5 aliphatic rings. The monoisotopic (exact) mass is 598 g/mol. The van der Waals surface area contributed by atoms with Gasteiger partial charge in [-0.2, -0.15) is 0 Å². The molecule has 43 heavy (non-hydrogen) atoms. The van der Waals surface area contributed by atoms with Gasteiger partial charge in [-0.1, -0.05) is 65.5 Å². The van der Waals surface area contributed by atoms with E-state index in [2.05, 4.69) is 40.7 Å². The summed E-state index contributed by atoms with van der Waals surface area (Å²) in [5, 5.41) is 0. The fraction of sp³-hybridized carbons (Fsp3) is 0.838. The summed E-state index contributed by atoms with van der Waals surface area (Å²) in [6.07, 6.45) is 18.7. The van der Waals surface area contributed by atoms with E-state index in [1.165, 1.54) is 65.2 Å². The second-order valence-corrected chi connectivity index (χ2v) is 15.6. The smallest absolute Gasteiger partial charge is 0.303 e. The van der Waals surface area contributed by atoms with E-state index in [9.17, 15) is 9.59 Å². The number of carbonyl (C=O) groups excluding carboxylic acids is 2. The maximum Gasteiger partial charge on any atom is 0.303 e. The Kier molecular flexibility index (Phi) is 10.2. The number of ether oxygens (including phenoxy) is 4. The van der Waals surface area contributed by atoms with Crippen LogP contribution in [0.15, 0.2) is 23.8 Å². The summed E-state index contributed by atoms with van der Waals surface area (Å²) in [5.74, 6) is 4.24. The van der Waals surface area contributed by atoms with Crippen LogP contribution in [0.3, 0.4) is 0 Å². The molecule has 0 aromatic heterocycles. The van der Waals surface area contributed by atoms with E-state index in [0.29, 0.717) is 5.41 Å². The van der Waals surface area contributed by atoms with Crippen molar-refractivity contribution in [1.29, 1.82) is 0 Å². The van der Waals surface area contributed by atoms with Gasteiger partial charge in [-0.3, -0.25) is 9.59 Å². The van der Waals surface area contributed by atoms with Crippen molar-refractivity contribution in [1.82, 2.24) is 0 Å². The Morgan fingerprint density at radius 1 is 0.977 bits per heavy atom. The zero-order valence-corrected chi connectivity index (χ0v) is 27.9. The standard InChI is InChI=1S/C37H58O6/c1-23(2)9-8-10-24(3)30-13-14-31-29-12-11-27-21-28(17-19-36(27,6)32(29)18-20-37(30,31)7)42-35-16-15-33(41-26(5)39)34(43-35)22-40-25(4)38/h11,15-16,23-24,28-35H,8-10,12-14,17-22H2,1-7H3/t24-,28?,29+,30-,31+,32+,33+,34-,35+,36+,37-/m1/s1. The van der Waals surface area contributed by atoms with Gasteiger partial charge in [0, 0.05) is 13.8 Å². The minimum absolute atomic E-state index is 0.0199. The number of esters is 2. The van der Waals surface area contributed by atoms with Crippen molar-refractivity contribution in [2.45, 2.75) is 144 Å². The highest BCUT2D eigenvalue weighted by atomic mass is 16.7. The first-order valence-electron chi connectivity index (χ1n) is 17.4. The number of hydrogen-bond acceptors (Lipinski definition) is 6. The zero-order chi connectivity index (χ0) is 30.9. The highest BCUT2D eigenvalue weighted by Crippen LogP contribution is 2.67. The van der Waals surface area contributed by atoms with E-state index in [-0.39, 0.29) is 18.1 Å². The third kappa shape index (κ3) is 6.95. The van der Waals surface area contributed by atoms with Crippen molar-refractivity contribution in [2.75, 3.05) is 6.61 Å². The van der Waals surface area contributed by atoms with Crippen LogP contribution in [-0.4, -0.2) is 43.1 Å². The first-order valence-corrected chi connectivity index (χ1v) is 17.4. The Hall–Kier alpha value is -1.66. The summed E-state index contributed by atoms with van der Waals surface area (Å²) in [4.78, 5) is 23.0. The largest absolute Gasteiger partial charge is 0.463 e. The van der Waals surface area contributed by atoms with Gasteiger partial charge in [0.1, 0.15) is 18.8 Å². The van der Waals surface area contributed by atoms with Crippen LogP contribution >= 0.6 is 0 Å². The van der Waals surface area contributed by atoms with Gasteiger partial charge in [-0.25, -0.2) is 0 Å². The fourth-order valence-electron chi connectivity index (χ4n) is 10.3. The predicted octanol–water partition coefficient (Wildman–Crippen LogP) is 8.19. The first-order chi connectivity index (χ1) is 20.4. The molecular formula is C37H58O6. The van der Waals surface area contributed by atoms with E-state index >= 15 is 0 Å². The molecule has 0 radical (unpaired) electrons. The van der Waals surface area contributed by atoms with Crippen LogP contribution in [0.25, 0.3) is 0 Å². The lowest BCUT2D eigenvalue weighted by Crippen LogP contribution is -2.51. The van der Waals surface area contributed by atoms with Crippen LogP contribution in [0.1, 0.15) is 119 Å². The molecule has 1 heterocycles. The number of allylic oxidation sites excluding steroid dienone is 1. The lowest BCUT2D eigenvalue weighted by atomic mass is 9.47. The molecule has 242 valence electrons. The zero-order valence-electron chi connectivity index (χ0n) is 27.9. The van der Waals surface area contributed by atoms with Gasteiger partial charge in [0.25, 0.3) is 0 Å². The van der Waals surface area contributed by atoms with Gasteiger partial charge in [-0.05, 0) is 110 Å². The molecule has 0 aromatic carbocycles. The highest BCUT2D eigenvalue weighted by molar-refractivity contribution is 5.66. The SMILES string of the molecule is CC(=O)OC[C@H]1O[C@H](OC2CC[C@@]3(C)C(=CC[C@H]4[C@@H]5CC[C@H]([C@H](C)CCCC(C)C)[C@@]5(C)CC[C@@H]43)C2)C=C[C@@H]1OC(C)=O. The van der Waals surface area contributed by atoms with Crippen molar-refractivity contribution < 1.29 is 28.5 Å². The second kappa shape index (κ2) is 13.4. The highest BCUT2D eigenvalue weighted by Gasteiger charge is 2.59. The van der Waals surface area contributed by atoms with Crippen LogP contribution < -0.4 is 0 Å². The summed E-state index contributed by atoms with van der Waals surface area (Å²) >= 11 is 0. The molecule has 1 aliphatic heterocycles. The summed E-state index contributed by atoms with van der Waals surface area (Å²) < 4.78 is 23.2. The van der Waals surface area contributed by atoms with Crippen LogP contribution in [0.2, 0.25) is 0 Å². The van der Waals surface area contributed by atoms with E-state index in [4.69, 9.17) is 18.9 Å². The summed E-state index contributed by atoms with van der Waals surface area (Å²) in [6, 6.07) is 0. The van der Waals surface area contributed by atoms with Gasteiger partial charge in [0.15, 0.2) is 6.29 Å². The molecule has 5 rings (SSSR count). The number of rotatable bonds is 10. The summed E-state index contributed by atoms with van der Waals surface area (Å²) in [5.41, 5.74) is 2.38. The minimum atomic E-state index is -0.598. The van der Waals surface area contributed by atoms with Gasteiger partial charge in [-0.15, -0.1) is 0 Å². The molecular weight excluding hydrogens is 540 g/mol. The topological polar surface area (TPSA) is 71.1 Å². The molecule has 3 fully saturated rings. The number of hydrogen-bond donors (Lipinski definition) is 0. The van der Waals surface area contributed by atoms with E-state index in [1.54, 1.807) is 11.6 Å². The second-order valence-electron chi connectivity index (χ2n) is 15.6. The molecule has 0 saturated heterocycles. The molecule has 3 saturated carbocycles. The molecule has 0 spiro atoms. The van der Waals surface area contributed by atoms with Crippen LogP contribution in [-0.2, 0) is 28.5 Å². The maximum absolute atomic E-state index is 11.6. The Bertz CT molecular complexity index is 1060. The van der Waals surface area contributed by atoms with Crippen LogP contribution in [0.4, 0.5) is 0 Å². The first kappa shape index (κ1) is 32.7. The minimum Gasteiger partial charge on any atom is -0.463 e. The molecule has 4 aliphatic carbocycles. The Balaban J connectivity index is 1.21. The van der Waals surface area contributed by atoms with Crippen molar-refractivity contribution in [3.8, 4) is 0 Å². The average Bonchev–Trinajstić information content (AvgIpc) is 3.30. The third-order valence-electron chi connectivity index (χ3n) is 12.5. The van der Waals surface area contributed by atoms with Gasteiger partial charge >= 0.3 is 11.9 Å². The molecule has 0 bridgehead atoms. The van der Waals surface area contributed by atoms with Crippen molar-refractivity contribution in [3.05, 3.63) is 23.8 Å². The Morgan fingerprint density at radius 3 is 2.49 bits per heavy atom. The van der Waals surface area contributed by atoms with Crippen molar-refractivity contribution >= 4 is 11.9 Å². The molecule has 11 atom stereocenters. The van der Waals surface area contributed by atoms with E-state index in [1.807, 2.05) is 6.08 Å². The van der Waals surface area contributed by atoms with Crippen LogP contribution in [0, 0.1) is 46.3 Å². The lowest BCUT2D eigenvalue weighted by Gasteiger charge is -2.58. The van der Waals surface area contributed by atoms with Crippen molar-refractivity contribution in [2.24, 2.45) is 46.3 Å². The number of carbonyl (C=O) groups is 2. The van der Waals surface area contributed by atoms with Crippen molar-refractivity contribution in [3.63, 3.8) is 0 Å². The van der Waals surface area contributed by atoms with Gasteiger partial charge < -0.3 is 18.9 Å². The molecule has 0 N–H and O–H groups in total. The Morgan fingerprint density at radius 2 is 1.77 bits per heavy atom. The molecule has 6 nitrogen and oxygen atoms in total. The molecule has 0 amide bonds. The van der Waals surface area contributed by atoms with Gasteiger partial charge in [0.05, 0.1) is 6.10 Å². The maximum atomic E-state index is 11.6. The summed E-state index contributed by atoms with van der Waals surface area (Å²) in [7, 11) is 0. The fourth-order valence-corrected chi connectivity index (χ4v) is 10.3. The lowest BCUT2D eigenvalue weighted by molar-refractivity contribution is -0.213. The average molecular weight is 599 g/mol. The van der Waals surface area contributed by atoms with E-state index < -0.39 is 30.4 Å². The van der Waals surface area contributed by atoms with Crippen LogP contribution in [0.5, 0.6) is 0 Å². The molecule has 1 unspecified atom stereocenters.